The van der Waals surface area contributed by atoms with Crippen molar-refractivity contribution in [2.45, 2.75) is 39.5 Å². The summed E-state index contributed by atoms with van der Waals surface area (Å²) in [7, 11) is 1.79. The number of amides is 1. The lowest BCUT2D eigenvalue weighted by Gasteiger charge is -2.30. The van der Waals surface area contributed by atoms with Crippen molar-refractivity contribution in [3.05, 3.63) is 17.7 Å². The first kappa shape index (κ1) is 14.8. The summed E-state index contributed by atoms with van der Waals surface area (Å²) in [6, 6.07) is 0. The molecule has 2 heterocycles. The van der Waals surface area contributed by atoms with Gasteiger partial charge in [0.1, 0.15) is 5.82 Å². The van der Waals surface area contributed by atoms with Gasteiger partial charge in [0.15, 0.2) is 5.69 Å². The highest BCUT2D eigenvalue weighted by Crippen LogP contribution is 2.21. The molecule has 0 saturated carbocycles. The highest BCUT2D eigenvalue weighted by atomic mass is 16.2. The van der Waals surface area contributed by atoms with E-state index in [1.54, 1.807) is 13.2 Å². The van der Waals surface area contributed by atoms with E-state index in [-0.39, 0.29) is 11.8 Å². The van der Waals surface area contributed by atoms with Gasteiger partial charge in [-0.25, -0.2) is 9.97 Å². The summed E-state index contributed by atoms with van der Waals surface area (Å²) < 4.78 is 0. The van der Waals surface area contributed by atoms with E-state index in [2.05, 4.69) is 22.2 Å². The van der Waals surface area contributed by atoms with Crippen LogP contribution in [-0.2, 0) is 0 Å². The molecule has 0 spiro atoms. The van der Waals surface area contributed by atoms with E-state index in [0.29, 0.717) is 17.3 Å². The van der Waals surface area contributed by atoms with Crippen molar-refractivity contribution in [2.75, 3.05) is 25.5 Å². The molecular formula is C15H24N4O. The lowest BCUT2D eigenvalue weighted by Crippen LogP contribution is -2.38. The van der Waals surface area contributed by atoms with Crippen LogP contribution in [0.15, 0.2) is 6.20 Å². The Morgan fingerprint density at radius 3 is 2.60 bits per heavy atom. The molecule has 110 valence electrons. The van der Waals surface area contributed by atoms with Crippen LogP contribution in [0, 0.1) is 5.92 Å². The molecular weight excluding hydrogens is 252 g/mol. The van der Waals surface area contributed by atoms with Gasteiger partial charge in [-0.05, 0) is 18.8 Å². The molecule has 1 aromatic heterocycles. The molecule has 0 atom stereocenters. The third kappa shape index (κ3) is 3.08. The molecule has 0 aliphatic carbocycles. The fourth-order valence-corrected chi connectivity index (χ4v) is 2.38. The summed E-state index contributed by atoms with van der Waals surface area (Å²) in [5, 5.41) is 3.02. The van der Waals surface area contributed by atoms with Crippen molar-refractivity contribution in [2.24, 2.45) is 5.92 Å². The molecule has 20 heavy (non-hydrogen) atoms. The van der Waals surface area contributed by atoms with Crippen LogP contribution in [0.25, 0.3) is 0 Å². The molecule has 1 aliphatic rings. The largest absolute Gasteiger partial charge is 0.385 e. The maximum Gasteiger partial charge on any atom is 0.274 e. The van der Waals surface area contributed by atoms with E-state index >= 15 is 0 Å². The molecule has 5 nitrogen and oxygen atoms in total. The zero-order chi connectivity index (χ0) is 14.7. The molecule has 0 radical (unpaired) electrons. The van der Waals surface area contributed by atoms with E-state index in [1.807, 2.05) is 18.7 Å². The van der Waals surface area contributed by atoms with Gasteiger partial charge >= 0.3 is 0 Å². The highest BCUT2D eigenvalue weighted by molar-refractivity contribution is 5.97. The Hall–Kier alpha value is -1.65. The van der Waals surface area contributed by atoms with Crippen molar-refractivity contribution < 1.29 is 4.79 Å². The number of carbonyl (C=O) groups is 1. The van der Waals surface area contributed by atoms with Crippen LogP contribution >= 0.6 is 0 Å². The molecule has 5 heteroatoms. The van der Waals surface area contributed by atoms with Gasteiger partial charge in [0, 0.05) is 26.1 Å². The van der Waals surface area contributed by atoms with E-state index < -0.39 is 0 Å². The number of likely N-dealkylation sites (tertiary alicyclic amines) is 1. The first-order valence-corrected chi connectivity index (χ1v) is 7.37. The minimum atomic E-state index is 0.0190. The molecule has 1 amide bonds. The standard InChI is InChI=1S/C15H24N4O/c1-10(2)14-17-9-12(16-4)13(18-14)15(20)19-7-5-11(3)6-8-19/h9-11,16H,5-8H2,1-4H3. The normalized spacial score (nSPS) is 16.6. The topological polar surface area (TPSA) is 58.1 Å². The van der Waals surface area contributed by atoms with Crippen LogP contribution in [0.1, 0.15) is 55.8 Å². The van der Waals surface area contributed by atoms with Crippen LogP contribution in [-0.4, -0.2) is 40.9 Å². The molecule has 1 aliphatic heterocycles. The van der Waals surface area contributed by atoms with Gasteiger partial charge in [0.2, 0.25) is 0 Å². The quantitative estimate of drug-likeness (QED) is 0.921. The molecule has 2 rings (SSSR count). The summed E-state index contributed by atoms with van der Waals surface area (Å²) in [6.45, 7) is 7.95. The number of nitrogens with one attached hydrogen (secondary N) is 1. The third-order valence-electron chi connectivity index (χ3n) is 3.87. The van der Waals surface area contributed by atoms with E-state index in [0.717, 1.165) is 31.8 Å². The van der Waals surface area contributed by atoms with Crippen LogP contribution in [0.3, 0.4) is 0 Å². The van der Waals surface area contributed by atoms with Gasteiger partial charge in [-0.3, -0.25) is 4.79 Å². The monoisotopic (exact) mass is 276 g/mol. The zero-order valence-corrected chi connectivity index (χ0v) is 12.8. The van der Waals surface area contributed by atoms with Crippen molar-refractivity contribution in [3.63, 3.8) is 0 Å². The molecule has 0 aromatic carbocycles. The van der Waals surface area contributed by atoms with Crippen LogP contribution in [0.5, 0.6) is 0 Å². The maximum absolute atomic E-state index is 12.7. The summed E-state index contributed by atoms with van der Waals surface area (Å²) in [6.07, 6.45) is 3.85. The molecule has 1 aromatic rings. The van der Waals surface area contributed by atoms with Gasteiger partial charge in [-0.1, -0.05) is 20.8 Å². The predicted octanol–water partition coefficient (Wildman–Crippen LogP) is 2.51. The summed E-state index contributed by atoms with van der Waals surface area (Å²) in [4.78, 5) is 23.3. The van der Waals surface area contributed by atoms with Gasteiger partial charge in [0.05, 0.1) is 11.9 Å². The number of anilines is 1. The minimum absolute atomic E-state index is 0.0190. The number of rotatable bonds is 3. The average Bonchev–Trinajstić information content (AvgIpc) is 2.46. The number of carbonyl (C=O) groups excluding carboxylic acids is 1. The first-order valence-electron chi connectivity index (χ1n) is 7.37. The SMILES string of the molecule is CNc1cnc(C(C)C)nc1C(=O)N1CCC(C)CC1. The summed E-state index contributed by atoms with van der Waals surface area (Å²) >= 11 is 0. The van der Waals surface area contributed by atoms with Gasteiger partial charge in [0.25, 0.3) is 5.91 Å². The lowest BCUT2D eigenvalue weighted by atomic mass is 9.99. The van der Waals surface area contributed by atoms with Gasteiger partial charge < -0.3 is 10.2 Å². The second kappa shape index (κ2) is 6.20. The number of piperidine rings is 1. The molecule has 1 N–H and O–H groups in total. The Bertz CT molecular complexity index is 479. The Morgan fingerprint density at radius 1 is 1.40 bits per heavy atom. The Kier molecular flexibility index (Phi) is 4.57. The predicted molar refractivity (Wildman–Crippen MR) is 80.0 cm³/mol. The minimum Gasteiger partial charge on any atom is -0.385 e. The Labute approximate surface area is 120 Å². The van der Waals surface area contributed by atoms with Crippen LogP contribution < -0.4 is 5.32 Å². The number of hydrogen-bond donors (Lipinski definition) is 1. The van der Waals surface area contributed by atoms with Crippen molar-refractivity contribution in [3.8, 4) is 0 Å². The zero-order valence-electron chi connectivity index (χ0n) is 12.8. The van der Waals surface area contributed by atoms with E-state index in [4.69, 9.17) is 0 Å². The highest BCUT2D eigenvalue weighted by Gasteiger charge is 2.25. The van der Waals surface area contributed by atoms with E-state index in [9.17, 15) is 4.79 Å². The smallest absolute Gasteiger partial charge is 0.274 e. The van der Waals surface area contributed by atoms with Crippen LogP contribution in [0.2, 0.25) is 0 Å². The van der Waals surface area contributed by atoms with Gasteiger partial charge in [-0.15, -0.1) is 0 Å². The molecule has 1 saturated heterocycles. The average molecular weight is 276 g/mol. The summed E-state index contributed by atoms with van der Waals surface area (Å²) in [5.74, 6) is 1.66. The number of hydrogen-bond acceptors (Lipinski definition) is 4. The third-order valence-corrected chi connectivity index (χ3v) is 3.87. The fourth-order valence-electron chi connectivity index (χ4n) is 2.38. The van der Waals surface area contributed by atoms with Crippen molar-refractivity contribution >= 4 is 11.6 Å². The number of nitrogens with zero attached hydrogens (tertiary/aromatic N) is 3. The Balaban J connectivity index is 2.25. The lowest BCUT2D eigenvalue weighted by molar-refractivity contribution is 0.0691. The maximum atomic E-state index is 12.7. The van der Waals surface area contributed by atoms with Crippen molar-refractivity contribution in [1.29, 1.82) is 0 Å². The molecule has 0 bridgehead atoms. The van der Waals surface area contributed by atoms with Crippen LogP contribution in [0.4, 0.5) is 5.69 Å². The van der Waals surface area contributed by atoms with Gasteiger partial charge in [-0.2, -0.15) is 0 Å². The second-order valence-corrected chi connectivity index (χ2v) is 5.87. The van der Waals surface area contributed by atoms with Crippen molar-refractivity contribution in [1.82, 2.24) is 14.9 Å². The second-order valence-electron chi connectivity index (χ2n) is 5.87. The Morgan fingerprint density at radius 2 is 2.05 bits per heavy atom. The molecule has 1 fully saturated rings. The fraction of sp³-hybridized carbons (Fsp3) is 0.667. The number of aromatic nitrogens is 2. The van der Waals surface area contributed by atoms with E-state index in [1.165, 1.54) is 0 Å². The first-order chi connectivity index (χ1) is 9.52. The summed E-state index contributed by atoms with van der Waals surface area (Å²) in [5.41, 5.74) is 1.21. The molecule has 0 unspecified atom stereocenters.